The summed E-state index contributed by atoms with van der Waals surface area (Å²) in [5.41, 5.74) is 2.39. The van der Waals surface area contributed by atoms with Gasteiger partial charge in [0.15, 0.2) is 0 Å². The van der Waals surface area contributed by atoms with Crippen LogP contribution in [0.5, 0.6) is 5.75 Å². The zero-order chi connectivity index (χ0) is 19.3. The Morgan fingerprint density at radius 2 is 1.89 bits per heavy atom. The van der Waals surface area contributed by atoms with Gasteiger partial charge in [0.05, 0.1) is 50.0 Å². The largest absolute Gasteiger partial charge is 0.497 e. The fourth-order valence-corrected chi connectivity index (χ4v) is 3.45. The second-order valence-electron chi connectivity index (χ2n) is 6.62. The SMILES string of the molecule is COc1ccc(CC2COCCN2C(=O)c2ccccc2-n2nccn2)cc1. The summed E-state index contributed by atoms with van der Waals surface area (Å²) in [6.45, 7) is 1.60. The van der Waals surface area contributed by atoms with Gasteiger partial charge in [-0.3, -0.25) is 4.79 Å². The number of nitrogens with zero attached hydrogens (tertiary/aromatic N) is 4. The van der Waals surface area contributed by atoms with E-state index >= 15 is 0 Å². The van der Waals surface area contributed by atoms with Gasteiger partial charge in [0.1, 0.15) is 5.75 Å². The number of para-hydroxylation sites is 1. The van der Waals surface area contributed by atoms with Crippen LogP contribution in [0, 0.1) is 0 Å². The van der Waals surface area contributed by atoms with Crippen molar-refractivity contribution in [1.29, 1.82) is 0 Å². The summed E-state index contributed by atoms with van der Waals surface area (Å²) < 4.78 is 10.9. The van der Waals surface area contributed by atoms with Gasteiger partial charge in [-0.1, -0.05) is 24.3 Å². The van der Waals surface area contributed by atoms with Crippen LogP contribution in [0.4, 0.5) is 0 Å². The number of morpholine rings is 1. The molecule has 2 aromatic carbocycles. The molecular formula is C21H22N4O3. The molecule has 0 radical (unpaired) electrons. The third-order valence-corrected chi connectivity index (χ3v) is 4.89. The Morgan fingerprint density at radius 3 is 2.64 bits per heavy atom. The first-order valence-corrected chi connectivity index (χ1v) is 9.23. The lowest BCUT2D eigenvalue weighted by molar-refractivity contribution is -0.00165. The second kappa shape index (κ2) is 8.22. The van der Waals surface area contributed by atoms with E-state index in [2.05, 4.69) is 10.2 Å². The smallest absolute Gasteiger partial charge is 0.256 e. The first-order valence-electron chi connectivity index (χ1n) is 9.23. The van der Waals surface area contributed by atoms with Crippen LogP contribution in [-0.4, -0.2) is 58.7 Å². The highest BCUT2D eigenvalue weighted by molar-refractivity contribution is 5.98. The Kier molecular flexibility index (Phi) is 5.34. The van der Waals surface area contributed by atoms with E-state index in [1.807, 2.05) is 53.4 Å². The number of benzene rings is 2. The summed E-state index contributed by atoms with van der Waals surface area (Å²) >= 11 is 0. The van der Waals surface area contributed by atoms with Crippen molar-refractivity contribution < 1.29 is 14.3 Å². The molecule has 1 atom stereocenters. The summed E-state index contributed by atoms with van der Waals surface area (Å²) in [6.07, 6.45) is 3.92. The standard InChI is InChI=1S/C21H22N4O3/c1-27-18-8-6-16(7-9-18)14-17-15-28-13-12-24(17)21(26)19-4-2-3-5-20(19)25-22-10-11-23-25/h2-11,17H,12-15H2,1H3. The van der Waals surface area contributed by atoms with E-state index in [1.54, 1.807) is 19.5 Å². The van der Waals surface area contributed by atoms with Gasteiger partial charge in [-0.05, 0) is 36.2 Å². The predicted molar refractivity (Wildman–Crippen MR) is 104 cm³/mol. The van der Waals surface area contributed by atoms with E-state index in [9.17, 15) is 4.79 Å². The van der Waals surface area contributed by atoms with Crippen molar-refractivity contribution in [2.45, 2.75) is 12.5 Å². The molecule has 28 heavy (non-hydrogen) atoms. The number of amides is 1. The number of ether oxygens (including phenoxy) is 2. The Hall–Kier alpha value is -3.19. The van der Waals surface area contributed by atoms with Gasteiger partial charge in [0, 0.05) is 6.54 Å². The number of aromatic nitrogens is 3. The van der Waals surface area contributed by atoms with Gasteiger partial charge in [-0.2, -0.15) is 15.0 Å². The number of hydrogen-bond acceptors (Lipinski definition) is 5. The summed E-state index contributed by atoms with van der Waals surface area (Å²) in [5.74, 6) is 0.784. The van der Waals surface area contributed by atoms with Crippen molar-refractivity contribution in [3.8, 4) is 11.4 Å². The molecule has 1 fully saturated rings. The van der Waals surface area contributed by atoms with Gasteiger partial charge in [0.2, 0.25) is 0 Å². The summed E-state index contributed by atoms with van der Waals surface area (Å²) in [7, 11) is 1.65. The van der Waals surface area contributed by atoms with Gasteiger partial charge in [-0.15, -0.1) is 0 Å². The molecule has 1 saturated heterocycles. The molecule has 0 spiro atoms. The molecule has 2 heterocycles. The van der Waals surface area contributed by atoms with Crippen LogP contribution in [0.25, 0.3) is 5.69 Å². The highest BCUT2D eigenvalue weighted by atomic mass is 16.5. The van der Waals surface area contributed by atoms with Crippen LogP contribution < -0.4 is 4.74 Å². The second-order valence-corrected chi connectivity index (χ2v) is 6.62. The topological polar surface area (TPSA) is 69.5 Å². The first-order chi connectivity index (χ1) is 13.8. The first kappa shape index (κ1) is 18.2. The van der Waals surface area contributed by atoms with Crippen molar-refractivity contribution in [2.24, 2.45) is 0 Å². The molecule has 1 aromatic heterocycles. The molecule has 4 rings (SSSR count). The minimum Gasteiger partial charge on any atom is -0.497 e. The summed E-state index contributed by atoms with van der Waals surface area (Å²) in [6, 6.07) is 15.3. The minimum atomic E-state index is -0.0340. The van der Waals surface area contributed by atoms with Crippen LogP contribution in [0.15, 0.2) is 60.9 Å². The van der Waals surface area contributed by atoms with Crippen molar-refractivity contribution in [2.75, 3.05) is 26.9 Å². The van der Waals surface area contributed by atoms with Gasteiger partial charge < -0.3 is 14.4 Å². The van der Waals surface area contributed by atoms with Crippen molar-refractivity contribution in [3.05, 3.63) is 72.1 Å². The van der Waals surface area contributed by atoms with Gasteiger partial charge >= 0.3 is 0 Å². The average molecular weight is 378 g/mol. The fourth-order valence-electron chi connectivity index (χ4n) is 3.45. The van der Waals surface area contributed by atoms with E-state index in [1.165, 1.54) is 4.80 Å². The number of carbonyl (C=O) groups is 1. The molecule has 0 bridgehead atoms. The van der Waals surface area contributed by atoms with Crippen LogP contribution in [-0.2, 0) is 11.2 Å². The van der Waals surface area contributed by atoms with Crippen LogP contribution in [0.3, 0.4) is 0 Å². The maximum Gasteiger partial charge on any atom is 0.256 e. The Bertz CT molecular complexity index is 925. The normalized spacial score (nSPS) is 16.8. The van der Waals surface area contributed by atoms with E-state index in [4.69, 9.17) is 9.47 Å². The fraction of sp³-hybridized carbons (Fsp3) is 0.286. The van der Waals surface area contributed by atoms with E-state index in [-0.39, 0.29) is 11.9 Å². The molecule has 1 amide bonds. The lowest BCUT2D eigenvalue weighted by Crippen LogP contribution is -2.50. The van der Waals surface area contributed by atoms with E-state index in [0.29, 0.717) is 31.0 Å². The maximum atomic E-state index is 13.4. The van der Waals surface area contributed by atoms with Gasteiger partial charge in [0.25, 0.3) is 5.91 Å². The third-order valence-electron chi connectivity index (χ3n) is 4.89. The molecule has 0 N–H and O–H groups in total. The quantitative estimate of drug-likeness (QED) is 0.682. The van der Waals surface area contributed by atoms with Crippen LogP contribution in [0.1, 0.15) is 15.9 Å². The van der Waals surface area contributed by atoms with Crippen molar-refractivity contribution in [3.63, 3.8) is 0 Å². The van der Waals surface area contributed by atoms with Crippen molar-refractivity contribution in [1.82, 2.24) is 19.9 Å². The molecule has 3 aromatic rings. The molecule has 1 unspecified atom stereocenters. The third kappa shape index (κ3) is 3.75. The molecule has 0 saturated carbocycles. The zero-order valence-corrected chi connectivity index (χ0v) is 15.7. The van der Waals surface area contributed by atoms with Gasteiger partial charge in [-0.25, -0.2) is 0 Å². The maximum absolute atomic E-state index is 13.4. The lowest BCUT2D eigenvalue weighted by Gasteiger charge is -2.36. The lowest BCUT2D eigenvalue weighted by atomic mass is 10.0. The number of hydrogen-bond donors (Lipinski definition) is 0. The van der Waals surface area contributed by atoms with Crippen LogP contribution in [0.2, 0.25) is 0 Å². The Labute approximate surface area is 163 Å². The molecule has 1 aliphatic rings. The van der Waals surface area contributed by atoms with Crippen molar-refractivity contribution >= 4 is 5.91 Å². The molecule has 7 nitrogen and oxygen atoms in total. The molecule has 1 aliphatic heterocycles. The molecular weight excluding hydrogens is 356 g/mol. The summed E-state index contributed by atoms with van der Waals surface area (Å²) in [4.78, 5) is 16.8. The number of carbonyl (C=O) groups excluding carboxylic acids is 1. The van der Waals surface area contributed by atoms with Crippen LogP contribution >= 0.6 is 0 Å². The monoisotopic (exact) mass is 378 g/mol. The summed E-state index contributed by atoms with van der Waals surface area (Å²) in [5, 5.41) is 8.35. The van der Waals surface area contributed by atoms with E-state index < -0.39 is 0 Å². The highest BCUT2D eigenvalue weighted by Crippen LogP contribution is 2.21. The number of rotatable bonds is 5. The Balaban J connectivity index is 1.58. The number of methoxy groups -OCH3 is 1. The highest BCUT2D eigenvalue weighted by Gasteiger charge is 2.29. The zero-order valence-electron chi connectivity index (χ0n) is 15.7. The molecule has 0 aliphatic carbocycles. The van der Waals surface area contributed by atoms with E-state index in [0.717, 1.165) is 17.7 Å². The Morgan fingerprint density at radius 1 is 1.14 bits per heavy atom. The molecule has 7 heteroatoms. The molecule has 144 valence electrons. The minimum absolute atomic E-state index is 0.0327. The predicted octanol–water partition coefficient (Wildman–Crippen LogP) is 2.36. The average Bonchev–Trinajstić information content (AvgIpc) is 3.29.